The molecule has 1 N–H and O–H groups in total. The van der Waals surface area contributed by atoms with E-state index in [0.717, 1.165) is 16.7 Å². The number of carbonyl (C=O) groups is 1. The fraction of sp³-hybridized carbons (Fsp3) is 0.370. The molecule has 0 spiro atoms. The number of hydrogen-bond donors (Lipinski definition) is 1. The van der Waals surface area contributed by atoms with Crippen molar-refractivity contribution >= 4 is 5.97 Å². The van der Waals surface area contributed by atoms with Gasteiger partial charge in [0.2, 0.25) is 0 Å². The van der Waals surface area contributed by atoms with Crippen molar-refractivity contribution in [3.63, 3.8) is 0 Å². The molecule has 0 saturated carbocycles. The number of rotatable bonds is 7. The van der Waals surface area contributed by atoms with Crippen molar-refractivity contribution in [2.45, 2.75) is 60.5 Å². The maximum absolute atomic E-state index is 12.0. The third-order valence-electron chi connectivity index (χ3n) is 5.44. The van der Waals surface area contributed by atoms with Crippen LogP contribution < -0.4 is 4.74 Å². The second-order valence-corrected chi connectivity index (χ2v) is 8.65. The summed E-state index contributed by atoms with van der Waals surface area (Å²) in [4.78, 5) is 12.0. The highest BCUT2D eigenvalue weighted by molar-refractivity contribution is 5.85. The molecule has 0 fully saturated rings. The van der Waals surface area contributed by atoms with Gasteiger partial charge in [-0.25, -0.2) is 4.79 Å². The normalized spacial score (nSPS) is 17.8. The summed E-state index contributed by atoms with van der Waals surface area (Å²) in [7, 11) is 0. The Labute approximate surface area is 181 Å². The molecular weight excluding hydrogens is 372 g/mol. The van der Waals surface area contributed by atoms with Gasteiger partial charge in [-0.3, -0.25) is 0 Å². The molecule has 0 radical (unpaired) electrons. The fourth-order valence-corrected chi connectivity index (χ4v) is 3.67. The summed E-state index contributed by atoms with van der Waals surface area (Å²) in [5.41, 5.74) is 5.94. The molecule has 1 aromatic rings. The van der Waals surface area contributed by atoms with E-state index in [4.69, 9.17) is 9.84 Å². The van der Waals surface area contributed by atoms with Gasteiger partial charge in [-0.2, -0.15) is 0 Å². The van der Waals surface area contributed by atoms with Gasteiger partial charge in [-0.1, -0.05) is 67.5 Å². The van der Waals surface area contributed by atoms with Gasteiger partial charge in [0.1, 0.15) is 5.75 Å². The molecule has 1 aliphatic rings. The lowest BCUT2D eigenvalue weighted by Crippen LogP contribution is -2.19. The quantitative estimate of drug-likeness (QED) is 0.240. The van der Waals surface area contributed by atoms with E-state index in [-0.39, 0.29) is 12.0 Å². The number of ether oxygens (including phenoxy) is 1. The smallest absolute Gasteiger partial charge is 0.336 e. The average molecular weight is 407 g/mol. The zero-order valence-corrected chi connectivity index (χ0v) is 18.9. The van der Waals surface area contributed by atoms with Crippen LogP contribution in [0.3, 0.4) is 0 Å². The van der Waals surface area contributed by atoms with Gasteiger partial charge in [0.25, 0.3) is 0 Å². The summed E-state index contributed by atoms with van der Waals surface area (Å²) < 4.78 is 5.28. The van der Waals surface area contributed by atoms with E-state index in [9.17, 15) is 4.79 Å². The van der Waals surface area contributed by atoms with Gasteiger partial charge < -0.3 is 9.84 Å². The molecule has 3 nitrogen and oxygen atoms in total. The zero-order valence-electron chi connectivity index (χ0n) is 18.9. The topological polar surface area (TPSA) is 46.5 Å². The van der Waals surface area contributed by atoms with Gasteiger partial charge in [0.15, 0.2) is 0 Å². The highest BCUT2D eigenvalue weighted by atomic mass is 16.5. The standard InChI is InChI=1S/C27H34O3/c1-20(11-16-25-22(3)10-7-17-27(25,4)5)8-6-9-21(2)18-26(29)30-24-14-12-23(19-28)13-15-24/h6,8-9,11-16,18,28H,7,10,17,19H2,1-5H3. The Bertz CT molecular complexity index is 891. The monoisotopic (exact) mass is 406 g/mol. The Morgan fingerprint density at radius 1 is 1.13 bits per heavy atom. The summed E-state index contributed by atoms with van der Waals surface area (Å²) in [6.45, 7) is 10.8. The third kappa shape index (κ3) is 7.31. The molecule has 0 bridgehead atoms. The maximum Gasteiger partial charge on any atom is 0.336 e. The van der Waals surface area contributed by atoms with Gasteiger partial charge in [-0.15, -0.1) is 0 Å². The van der Waals surface area contributed by atoms with Crippen molar-refractivity contribution in [1.82, 2.24) is 0 Å². The van der Waals surface area contributed by atoms with Crippen LogP contribution in [0.2, 0.25) is 0 Å². The van der Waals surface area contributed by atoms with Crippen molar-refractivity contribution in [2.75, 3.05) is 0 Å². The third-order valence-corrected chi connectivity index (χ3v) is 5.44. The van der Waals surface area contributed by atoms with Crippen LogP contribution in [0.5, 0.6) is 5.75 Å². The molecular formula is C27H34O3. The van der Waals surface area contributed by atoms with Crippen molar-refractivity contribution in [3.8, 4) is 5.75 Å². The Morgan fingerprint density at radius 3 is 2.47 bits per heavy atom. The number of hydrogen-bond acceptors (Lipinski definition) is 3. The summed E-state index contributed by atoms with van der Waals surface area (Å²) in [5.74, 6) is 0.0396. The number of aliphatic hydroxyl groups excluding tert-OH is 1. The number of carbonyl (C=O) groups excluding carboxylic acids is 1. The molecule has 2 rings (SSSR count). The van der Waals surface area contributed by atoms with Gasteiger partial charge in [0, 0.05) is 6.08 Å². The molecule has 0 heterocycles. The summed E-state index contributed by atoms with van der Waals surface area (Å²) in [6, 6.07) is 6.80. The van der Waals surface area contributed by atoms with E-state index in [1.165, 1.54) is 36.5 Å². The zero-order chi connectivity index (χ0) is 22.1. The Kier molecular flexibility index (Phi) is 8.61. The lowest BCUT2D eigenvalue weighted by atomic mass is 9.72. The van der Waals surface area contributed by atoms with E-state index >= 15 is 0 Å². The van der Waals surface area contributed by atoms with Crippen molar-refractivity contribution in [3.05, 3.63) is 88.6 Å². The van der Waals surface area contributed by atoms with E-state index in [1.54, 1.807) is 24.3 Å². The first kappa shape index (κ1) is 23.6. The molecule has 0 saturated heterocycles. The predicted molar refractivity (Wildman–Crippen MR) is 124 cm³/mol. The molecule has 160 valence electrons. The van der Waals surface area contributed by atoms with E-state index in [0.29, 0.717) is 5.75 Å². The van der Waals surface area contributed by atoms with Gasteiger partial charge >= 0.3 is 5.97 Å². The molecule has 0 aromatic heterocycles. The van der Waals surface area contributed by atoms with E-state index in [2.05, 4.69) is 39.8 Å². The van der Waals surface area contributed by atoms with Crippen LogP contribution in [0.4, 0.5) is 0 Å². The summed E-state index contributed by atoms with van der Waals surface area (Å²) in [6.07, 6.45) is 15.5. The molecule has 1 aromatic carbocycles. The molecule has 0 atom stereocenters. The first-order valence-corrected chi connectivity index (χ1v) is 10.5. The molecule has 1 aliphatic carbocycles. The Balaban J connectivity index is 1.95. The maximum atomic E-state index is 12.0. The first-order valence-electron chi connectivity index (χ1n) is 10.5. The lowest BCUT2D eigenvalue weighted by molar-refractivity contribution is -0.129. The first-order chi connectivity index (χ1) is 14.2. The lowest BCUT2D eigenvalue weighted by Gasteiger charge is -2.32. The van der Waals surface area contributed by atoms with Gasteiger partial charge in [-0.05, 0) is 74.3 Å². The molecule has 0 aliphatic heterocycles. The van der Waals surface area contributed by atoms with Crippen LogP contribution in [0.25, 0.3) is 0 Å². The van der Waals surface area contributed by atoms with Crippen LogP contribution in [0.1, 0.15) is 59.4 Å². The fourth-order valence-electron chi connectivity index (χ4n) is 3.67. The minimum atomic E-state index is -0.420. The molecule has 3 heteroatoms. The van der Waals surface area contributed by atoms with E-state index in [1.807, 2.05) is 25.2 Å². The van der Waals surface area contributed by atoms with Crippen LogP contribution in [-0.2, 0) is 11.4 Å². The second-order valence-electron chi connectivity index (χ2n) is 8.65. The van der Waals surface area contributed by atoms with Crippen LogP contribution in [0, 0.1) is 5.41 Å². The number of benzene rings is 1. The average Bonchev–Trinajstić information content (AvgIpc) is 2.67. The largest absolute Gasteiger partial charge is 0.423 e. The minimum Gasteiger partial charge on any atom is -0.423 e. The number of aliphatic hydroxyl groups is 1. The van der Waals surface area contributed by atoms with Crippen LogP contribution >= 0.6 is 0 Å². The molecule has 0 unspecified atom stereocenters. The van der Waals surface area contributed by atoms with Gasteiger partial charge in [0.05, 0.1) is 6.61 Å². The number of esters is 1. The predicted octanol–water partition coefficient (Wildman–Crippen LogP) is 6.62. The number of allylic oxidation sites excluding steroid dienone is 9. The van der Waals surface area contributed by atoms with Crippen LogP contribution in [0.15, 0.2) is 83.0 Å². The Morgan fingerprint density at radius 2 is 1.83 bits per heavy atom. The van der Waals surface area contributed by atoms with Crippen molar-refractivity contribution < 1.29 is 14.6 Å². The highest BCUT2D eigenvalue weighted by Crippen LogP contribution is 2.40. The summed E-state index contributed by atoms with van der Waals surface area (Å²) in [5, 5.41) is 9.05. The van der Waals surface area contributed by atoms with Crippen molar-refractivity contribution in [2.24, 2.45) is 5.41 Å². The highest BCUT2D eigenvalue weighted by Gasteiger charge is 2.26. The summed E-state index contributed by atoms with van der Waals surface area (Å²) >= 11 is 0. The SMILES string of the molecule is CC(C=CC1=C(C)CCCC1(C)C)=CC=CC(C)=CC(=O)Oc1ccc(CO)cc1. The second kappa shape index (κ2) is 10.9. The molecule has 30 heavy (non-hydrogen) atoms. The Hall–Kier alpha value is -2.65. The van der Waals surface area contributed by atoms with E-state index < -0.39 is 5.97 Å². The minimum absolute atomic E-state index is 0.0326. The van der Waals surface area contributed by atoms with Crippen molar-refractivity contribution in [1.29, 1.82) is 0 Å². The van der Waals surface area contributed by atoms with Crippen LogP contribution in [-0.4, -0.2) is 11.1 Å². The molecule has 0 amide bonds.